The minimum Gasteiger partial charge on any atom is -0.458 e. The summed E-state index contributed by atoms with van der Waals surface area (Å²) in [4.78, 5) is 64.8. The molecule has 1 unspecified atom stereocenters. The molecule has 3 fully saturated rings. The van der Waals surface area contributed by atoms with Crippen molar-refractivity contribution in [1.29, 1.82) is 0 Å². The van der Waals surface area contributed by atoms with Gasteiger partial charge in [-0.25, -0.2) is 9.78 Å². The zero-order chi connectivity index (χ0) is 29.9. The fourth-order valence-corrected chi connectivity index (χ4v) is 7.02. The van der Waals surface area contributed by atoms with Crippen LogP contribution in [0.3, 0.4) is 0 Å². The number of ether oxygens (including phenoxy) is 1. The van der Waals surface area contributed by atoms with Crippen LogP contribution >= 0.6 is 0 Å². The lowest BCUT2D eigenvalue weighted by molar-refractivity contribution is -0.165. The van der Waals surface area contributed by atoms with Crippen LogP contribution < -0.4 is 5.32 Å². The summed E-state index contributed by atoms with van der Waals surface area (Å²) in [5.74, 6) is -1.30. The van der Waals surface area contributed by atoms with Crippen molar-refractivity contribution < 1.29 is 23.9 Å². The Labute approximate surface area is 244 Å². The molecule has 41 heavy (non-hydrogen) atoms. The number of ketones is 1. The molecule has 0 radical (unpaired) electrons. The van der Waals surface area contributed by atoms with E-state index in [1.165, 1.54) is 18.6 Å². The van der Waals surface area contributed by atoms with Crippen LogP contribution in [0.4, 0.5) is 0 Å². The number of fused-ring (bicyclic) bond motifs is 1. The number of carbonyl (C=O) groups excluding carboxylic acids is 4. The third-order valence-corrected chi connectivity index (χ3v) is 9.03. The largest absolute Gasteiger partial charge is 0.458 e. The first-order chi connectivity index (χ1) is 19.3. The van der Waals surface area contributed by atoms with Crippen molar-refractivity contribution in [3.8, 4) is 0 Å². The molecule has 9 heteroatoms. The Morgan fingerprint density at radius 2 is 1.68 bits per heavy atom. The third kappa shape index (κ3) is 7.52. The Balaban J connectivity index is 1.58. The molecule has 0 bridgehead atoms. The fourth-order valence-electron chi connectivity index (χ4n) is 7.02. The third-order valence-electron chi connectivity index (χ3n) is 9.03. The molecule has 2 heterocycles. The molecule has 2 aliphatic carbocycles. The molecule has 2 amide bonds. The molecular formula is C32H48N4O5. The summed E-state index contributed by atoms with van der Waals surface area (Å²) in [6, 6.07) is -1.50. The number of hydrogen-bond donors (Lipinski definition) is 1. The molecular weight excluding hydrogens is 520 g/mol. The van der Waals surface area contributed by atoms with Gasteiger partial charge < -0.3 is 15.0 Å². The van der Waals surface area contributed by atoms with E-state index in [0.29, 0.717) is 6.54 Å². The standard InChI is InChI=1S/C32H48N4O5/c1-31(2,3)27(29(39)36-19-21-13-10-14-22(21)26(36)30(40)41-32(4,5)6)35-28(38)23(20-11-8-7-9-12-20)17-25(37)24-18-33-15-16-34-24/h15-16,18,20-23,26-27H,7-14,17,19H2,1-6H3,(H,35,38)/t21-,22-,23-,26-,27?/m0/s1. The van der Waals surface area contributed by atoms with Gasteiger partial charge in [-0.2, -0.15) is 0 Å². The number of rotatable bonds is 8. The Bertz CT molecular complexity index is 1100. The number of carbonyl (C=O) groups is 4. The van der Waals surface area contributed by atoms with Gasteiger partial charge in [-0.3, -0.25) is 19.4 Å². The maximum absolute atomic E-state index is 14.3. The molecule has 1 aromatic heterocycles. The zero-order valence-corrected chi connectivity index (χ0v) is 25.7. The van der Waals surface area contributed by atoms with E-state index in [4.69, 9.17) is 4.74 Å². The first kappa shape index (κ1) is 31.1. The number of nitrogens with zero attached hydrogens (tertiary/aromatic N) is 3. The van der Waals surface area contributed by atoms with Gasteiger partial charge in [0.15, 0.2) is 5.78 Å². The van der Waals surface area contributed by atoms with Crippen LogP contribution in [-0.2, 0) is 19.1 Å². The van der Waals surface area contributed by atoms with Gasteiger partial charge in [-0.1, -0.05) is 46.5 Å². The molecule has 0 aromatic carbocycles. The highest BCUT2D eigenvalue weighted by atomic mass is 16.6. The van der Waals surface area contributed by atoms with Crippen molar-refractivity contribution in [3.63, 3.8) is 0 Å². The quantitative estimate of drug-likeness (QED) is 0.355. The molecule has 5 atom stereocenters. The van der Waals surface area contributed by atoms with E-state index in [1.54, 1.807) is 4.90 Å². The minimum atomic E-state index is -0.850. The van der Waals surface area contributed by atoms with Gasteiger partial charge in [0.2, 0.25) is 11.8 Å². The van der Waals surface area contributed by atoms with Crippen LogP contribution in [0.25, 0.3) is 0 Å². The van der Waals surface area contributed by atoms with Crippen molar-refractivity contribution in [3.05, 3.63) is 24.3 Å². The lowest BCUT2D eigenvalue weighted by atomic mass is 9.76. The van der Waals surface area contributed by atoms with Gasteiger partial charge in [0.1, 0.15) is 23.4 Å². The normalized spacial score (nSPS) is 24.8. The maximum Gasteiger partial charge on any atom is 0.329 e. The average molecular weight is 569 g/mol. The molecule has 1 aliphatic heterocycles. The number of hydrogen-bond acceptors (Lipinski definition) is 7. The van der Waals surface area contributed by atoms with Crippen LogP contribution in [0.5, 0.6) is 0 Å². The molecule has 1 saturated heterocycles. The Kier molecular flexibility index (Phi) is 9.54. The van der Waals surface area contributed by atoms with E-state index in [0.717, 1.165) is 51.4 Å². The van der Waals surface area contributed by atoms with Crippen molar-refractivity contribution in [1.82, 2.24) is 20.2 Å². The molecule has 1 N–H and O–H groups in total. The number of esters is 1. The smallest absolute Gasteiger partial charge is 0.329 e. The number of aromatic nitrogens is 2. The number of likely N-dealkylation sites (tertiary alicyclic amines) is 1. The van der Waals surface area contributed by atoms with E-state index < -0.39 is 29.0 Å². The van der Waals surface area contributed by atoms with Crippen LogP contribution in [-0.4, -0.2) is 62.7 Å². The second-order valence-corrected chi connectivity index (χ2v) is 14.4. The Hall–Kier alpha value is -2.84. The Morgan fingerprint density at radius 3 is 2.29 bits per heavy atom. The van der Waals surface area contributed by atoms with E-state index in [-0.39, 0.29) is 53.4 Å². The predicted octanol–water partition coefficient (Wildman–Crippen LogP) is 4.75. The van der Waals surface area contributed by atoms with Gasteiger partial charge in [0.25, 0.3) is 0 Å². The van der Waals surface area contributed by atoms with Gasteiger partial charge in [-0.15, -0.1) is 0 Å². The maximum atomic E-state index is 14.3. The highest BCUT2D eigenvalue weighted by Gasteiger charge is 2.53. The van der Waals surface area contributed by atoms with E-state index in [9.17, 15) is 19.2 Å². The van der Waals surface area contributed by atoms with Gasteiger partial charge in [0.05, 0.1) is 6.20 Å². The Morgan fingerprint density at radius 1 is 0.976 bits per heavy atom. The highest BCUT2D eigenvalue weighted by Crippen LogP contribution is 2.44. The monoisotopic (exact) mass is 568 g/mol. The van der Waals surface area contributed by atoms with Crippen molar-refractivity contribution >= 4 is 23.6 Å². The number of Topliss-reactive ketones (excluding diaryl/α,β-unsaturated/α-hetero) is 1. The molecule has 4 rings (SSSR count). The topological polar surface area (TPSA) is 119 Å². The SMILES string of the molecule is CC(C)(C)OC(=O)[C@@H]1[C@H]2CCC[C@H]2CN1C(=O)C(NC(=O)[C@@H](CC(=O)c1cnccn1)C1CCCCC1)C(C)(C)C. The summed E-state index contributed by atoms with van der Waals surface area (Å²) >= 11 is 0. The first-order valence-electron chi connectivity index (χ1n) is 15.4. The first-order valence-corrected chi connectivity index (χ1v) is 15.4. The number of amides is 2. The van der Waals surface area contributed by atoms with Crippen molar-refractivity contribution in [2.75, 3.05) is 6.54 Å². The summed E-state index contributed by atoms with van der Waals surface area (Å²) in [5, 5.41) is 3.09. The van der Waals surface area contributed by atoms with Gasteiger partial charge >= 0.3 is 5.97 Å². The van der Waals surface area contributed by atoms with E-state index in [1.807, 2.05) is 41.5 Å². The van der Waals surface area contributed by atoms with Gasteiger partial charge in [0, 0.05) is 31.3 Å². The lowest BCUT2D eigenvalue weighted by Gasteiger charge is -2.38. The molecule has 0 spiro atoms. The molecule has 1 aromatic rings. The second kappa shape index (κ2) is 12.6. The van der Waals surface area contributed by atoms with E-state index in [2.05, 4.69) is 15.3 Å². The van der Waals surface area contributed by atoms with Crippen molar-refractivity contribution in [2.45, 2.75) is 117 Å². The minimum absolute atomic E-state index is 0.0225. The highest BCUT2D eigenvalue weighted by molar-refractivity contribution is 5.98. The lowest BCUT2D eigenvalue weighted by Crippen LogP contribution is -2.59. The van der Waals surface area contributed by atoms with Gasteiger partial charge in [-0.05, 0) is 69.6 Å². The number of nitrogens with one attached hydrogen (secondary N) is 1. The van der Waals surface area contributed by atoms with Crippen molar-refractivity contribution in [2.24, 2.45) is 29.1 Å². The summed E-state index contributed by atoms with van der Waals surface area (Å²) < 4.78 is 5.79. The predicted molar refractivity (Wildman–Crippen MR) is 155 cm³/mol. The second-order valence-electron chi connectivity index (χ2n) is 14.4. The summed E-state index contributed by atoms with van der Waals surface area (Å²) in [6.45, 7) is 11.8. The fraction of sp³-hybridized carbons (Fsp3) is 0.750. The average Bonchev–Trinajstić information content (AvgIpc) is 3.50. The molecule has 3 aliphatic rings. The van der Waals surface area contributed by atoms with Crippen LogP contribution in [0.1, 0.15) is 110 Å². The van der Waals surface area contributed by atoms with Crippen LogP contribution in [0.15, 0.2) is 18.6 Å². The molecule has 9 nitrogen and oxygen atoms in total. The zero-order valence-electron chi connectivity index (χ0n) is 25.7. The summed E-state index contributed by atoms with van der Waals surface area (Å²) in [5.41, 5.74) is -1.04. The van der Waals surface area contributed by atoms with Crippen LogP contribution in [0.2, 0.25) is 0 Å². The molecule has 226 valence electrons. The summed E-state index contributed by atoms with van der Waals surface area (Å²) in [7, 11) is 0. The van der Waals surface area contributed by atoms with Crippen LogP contribution in [0, 0.1) is 29.1 Å². The van der Waals surface area contributed by atoms with E-state index >= 15 is 0 Å². The molecule has 2 saturated carbocycles. The summed E-state index contributed by atoms with van der Waals surface area (Å²) in [6.07, 6.45) is 12.2.